The molecule has 2 aromatic carbocycles. The molecule has 2 N–H and O–H groups in total. The van der Waals surface area contributed by atoms with Crippen LogP contribution in [-0.2, 0) is 0 Å². The van der Waals surface area contributed by atoms with Crippen LogP contribution in [-0.4, -0.2) is 23.2 Å². The van der Waals surface area contributed by atoms with Crippen LogP contribution in [0.3, 0.4) is 0 Å². The zero-order chi connectivity index (χ0) is 18.1. The first-order chi connectivity index (χ1) is 12.7. The Morgan fingerprint density at radius 3 is 2.77 bits per heavy atom. The van der Waals surface area contributed by atoms with Crippen LogP contribution in [0.1, 0.15) is 34.8 Å². The third-order valence-corrected chi connectivity index (χ3v) is 4.45. The molecule has 0 spiro atoms. The van der Waals surface area contributed by atoms with Gasteiger partial charge in [0, 0.05) is 17.0 Å². The normalized spacial score (nSPS) is 13.5. The Bertz CT molecular complexity index is 963. The number of halogens is 1. The van der Waals surface area contributed by atoms with Crippen molar-refractivity contribution >= 4 is 11.6 Å². The Kier molecular flexibility index (Phi) is 4.16. The molecule has 1 aliphatic rings. The SMILES string of the molecule is COc1cccc(C(=O)Nc2c(-c3cccc(F)c3)n[nH]c2C2CC2)c1. The number of hydrogen-bond donors (Lipinski definition) is 2. The van der Waals surface area contributed by atoms with Gasteiger partial charge in [0.1, 0.15) is 17.3 Å². The summed E-state index contributed by atoms with van der Waals surface area (Å²) in [6.45, 7) is 0. The third-order valence-electron chi connectivity index (χ3n) is 4.45. The first-order valence-corrected chi connectivity index (χ1v) is 8.45. The molecule has 1 aliphatic carbocycles. The number of benzene rings is 2. The number of hydrogen-bond acceptors (Lipinski definition) is 3. The molecule has 26 heavy (non-hydrogen) atoms. The van der Waals surface area contributed by atoms with E-state index in [1.165, 1.54) is 12.1 Å². The maximum atomic E-state index is 13.6. The number of rotatable bonds is 5. The molecule has 3 aromatic rings. The molecule has 5 nitrogen and oxygen atoms in total. The van der Waals surface area contributed by atoms with E-state index in [2.05, 4.69) is 15.5 Å². The molecule has 0 bridgehead atoms. The highest BCUT2D eigenvalue weighted by Gasteiger charge is 2.31. The molecule has 0 atom stereocenters. The average Bonchev–Trinajstić information content (AvgIpc) is 3.42. The molecular weight excluding hydrogens is 333 g/mol. The lowest BCUT2D eigenvalue weighted by atomic mass is 10.1. The molecule has 132 valence electrons. The van der Waals surface area contributed by atoms with Crippen LogP contribution in [0.4, 0.5) is 10.1 Å². The molecule has 1 fully saturated rings. The van der Waals surface area contributed by atoms with Crippen molar-refractivity contribution in [3.05, 3.63) is 65.6 Å². The van der Waals surface area contributed by atoms with Crippen LogP contribution in [0.2, 0.25) is 0 Å². The second-order valence-electron chi connectivity index (χ2n) is 6.33. The van der Waals surface area contributed by atoms with Gasteiger partial charge >= 0.3 is 0 Å². The minimum Gasteiger partial charge on any atom is -0.497 e. The van der Waals surface area contributed by atoms with E-state index in [0.29, 0.717) is 34.2 Å². The van der Waals surface area contributed by atoms with Gasteiger partial charge in [0.2, 0.25) is 0 Å². The van der Waals surface area contributed by atoms with E-state index in [-0.39, 0.29) is 11.7 Å². The van der Waals surface area contributed by atoms with E-state index in [1.54, 1.807) is 43.5 Å². The van der Waals surface area contributed by atoms with Gasteiger partial charge in [-0.25, -0.2) is 4.39 Å². The van der Waals surface area contributed by atoms with Gasteiger partial charge in [-0.3, -0.25) is 9.89 Å². The van der Waals surface area contributed by atoms with E-state index >= 15 is 0 Å². The predicted molar refractivity (Wildman–Crippen MR) is 96.9 cm³/mol. The topological polar surface area (TPSA) is 67.0 Å². The van der Waals surface area contributed by atoms with Crippen LogP contribution in [0.5, 0.6) is 5.75 Å². The standard InChI is InChI=1S/C20H18FN3O2/c1-26-16-7-3-5-14(11-16)20(25)22-19-17(12-8-9-12)23-24-18(19)13-4-2-6-15(21)10-13/h2-7,10-12H,8-9H2,1H3,(H,22,25)(H,23,24). The number of nitrogens with one attached hydrogen (secondary N) is 2. The number of H-pyrrole nitrogens is 1. The lowest BCUT2D eigenvalue weighted by molar-refractivity contribution is 0.102. The van der Waals surface area contributed by atoms with Crippen molar-refractivity contribution in [1.29, 1.82) is 0 Å². The molecule has 0 unspecified atom stereocenters. The van der Waals surface area contributed by atoms with Crippen molar-refractivity contribution in [2.24, 2.45) is 0 Å². The largest absolute Gasteiger partial charge is 0.497 e. The van der Waals surface area contributed by atoms with E-state index in [9.17, 15) is 9.18 Å². The Labute approximate surface area is 150 Å². The minimum atomic E-state index is -0.344. The number of amides is 1. The van der Waals surface area contributed by atoms with Crippen LogP contribution in [0, 0.1) is 5.82 Å². The quantitative estimate of drug-likeness (QED) is 0.718. The third kappa shape index (κ3) is 3.18. The number of aromatic nitrogens is 2. The number of carbonyl (C=O) groups excluding carboxylic acids is 1. The molecule has 1 saturated carbocycles. The van der Waals surface area contributed by atoms with Gasteiger partial charge < -0.3 is 10.1 Å². The number of ether oxygens (including phenoxy) is 1. The fourth-order valence-electron chi connectivity index (χ4n) is 2.94. The molecule has 1 aromatic heterocycles. The summed E-state index contributed by atoms with van der Waals surface area (Å²) in [6, 6.07) is 13.1. The fraction of sp³-hybridized carbons (Fsp3) is 0.200. The summed E-state index contributed by atoms with van der Waals surface area (Å²) >= 11 is 0. The van der Waals surface area contributed by atoms with E-state index < -0.39 is 0 Å². The lowest BCUT2D eigenvalue weighted by Gasteiger charge is -2.09. The first-order valence-electron chi connectivity index (χ1n) is 8.45. The molecule has 1 amide bonds. The van der Waals surface area contributed by atoms with Gasteiger partial charge in [-0.15, -0.1) is 0 Å². The van der Waals surface area contributed by atoms with Gasteiger partial charge in [-0.2, -0.15) is 5.10 Å². The van der Waals surface area contributed by atoms with Gasteiger partial charge in [0.25, 0.3) is 5.91 Å². The second-order valence-corrected chi connectivity index (χ2v) is 6.33. The maximum absolute atomic E-state index is 13.6. The van der Waals surface area contributed by atoms with Crippen LogP contribution in [0.15, 0.2) is 48.5 Å². The fourth-order valence-corrected chi connectivity index (χ4v) is 2.94. The van der Waals surface area contributed by atoms with Crippen LogP contribution in [0.25, 0.3) is 11.3 Å². The Hall–Kier alpha value is -3.15. The number of carbonyl (C=O) groups is 1. The lowest BCUT2D eigenvalue weighted by Crippen LogP contribution is -2.13. The van der Waals surface area contributed by atoms with Crippen molar-refractivity contribution < 1.29 is 13.9 Å². The Morgan fingerprint density at radius 1 is 1.23 bits per heavy atom. The maximum Gasteiger partial charge on any atom is 0.255 e. The Morgan fingerprint density at radius 2 is 2.04 bits per heavy atom. The van der Waals surface area contributed by atoms with Crippen molar-refractivity contribution in [3.8, 4) is 17.0 Å². The summed E-state index contributed by atoms with van der Waals surface area (Å²) in [6.07, 6.45) is 2.10. The van der Waals surface area contributed by atoms with Crippen LogP contribution >= 0.6 is 0 Å². The molecule has 0 aliphatic heterocycles. The molecule has 4 rings (SSSR count). The number of aromatic amines is 1. The number of anilines is 1. The zero-order valence-electron chi connectivity index (χ0n) is 14.3. The zero-order valence-corrected chi connectivity index (χ0v) is 14.3. The van der Waals surface area contributed by atoms with Crippen molar-refractivity contribution in [3.63, 3.8) is 0 Å². The summed E-state index contributed by atoms with van der Waals surface area (Å²) in [5.74, 6) is 0.358. The molecule has 6 heteroatoms. The monoisotopic (exact) mass is 351 g/mol. The van der Waals surface area contributed by atoms with Crippen LogP contribution < -0.4 is 10.1 Å². The highest BCUT2D eigenvalue weighted by atomic mass is 19.1. The van der Waals surface area contributed by atoms with Gasteiger partial charge in [0.15, 0.2) is 0 Å². The van der Waals surface area contributed by atoms with Crippen molar-refractivity contribution in [2.45, 2.75) is 18.8 Å². The molecule has 1 heterocycles. The van der Waals surface area contributed by atoms with Crippen molar-refractivity contribution in [1.82, 2.24) is 10.2 Å². The minimum absolute atomic E-state index is 0.259. The smallest absolute Gasteiger partial charge is 0.255 e. The van der Waals surface area contributed by atoms with Gasteiger partial charge in [-0.1, -0.05) is 18.2 Å². The van der Waals surface area contributed by atoms with E-state index in [1.807, 2.05) is 0 Å². The highest BCUT2D eigenvalue weighted by Crippen LogP contribution is 2.45. The summed E-state index contributed by atoms with van der Waals surface area (Å²) in [5.41, 5.74) is 3.15. The summed E-state index contributed by atoms with van der Waals surface area (Å²) in [5, 5.41) is 10.3. The van der Waals surface area contributed by atoms with Gasteiger partial charge in [0.05, 0.1) is 18.5 Å². The predicted octanol–water partition coefficient (Wildman–Crippen LogP) is 4.35. The summed E-state index contributed by atoms with van der Waals surface area (Å²) in [4.78, 5) is 12.7. The summed E-state index contributed by atoms with van der Waals surface area (Å²) in [7, 11) is 1.56. The summed E-state index contributed by atoms with van der Waals surface area (Å²) < 4.78 is 18.8. The second kappa shape index (κ2) is 6.63. The highest BCUT2D eigenvalue weighted by molar-refractivity contribution is 6.06. The number of methoxy groups -OCH3 is 1. The van der Waals surface area contributed by atoms with E-state index in [0.717, 1.165) is 18.5 Å². The van der Waals surface area contributed by atoms with Gasteiger partial charge in [-0.05, 0) is 43.2 Å². The number of nitrogens with zero attached hydrogens (tertiary/aromatic N) is 1. The van der Waals surface area contributed by atoms with Crippen molar-refractivity contribution in [2.75, 3.05) is 12.4 Å². The molecule has 0 saturated heterocycles. The first kappa shape index (κ1) is 16.3. The average molecular weight is 351 g/mol. The van der Waals surface area contributed by atoms with E-state index in [4.69, 9.17) is 4.74 Å². The Balaban J connectivity index is 1.70. The molecule has 0 radical (unpaired) electrons. The molecular formula is C20H18FN3O2.